The largest absolute Gasteiger partial charge is 0.378 e. The highest BCUT2D eigenvalue weighted by Crippen LogP contribution is 2.34. The monoisotopic (exact) mass is 322 g/mol. The Kier molecular flexibility index (Phi) is 4.67. The average molecular weight is 323 g/mol. The van der Waals surface area contributed by atoms with Crippen molar-refractivity contribution in [1.82, 2.24) is 0 Å². The number of hydrogen-bond donors (Lipinski definition) is 0. The van der Waals surface area contributed by atoms with Crippen LogP contribution in [-0.4, -0.2) is 12.7 Å². The number of alkyl halides is 1. The van der Waals surface area contributed by atoms with Gasteiger partial charge in [0.2, 0.25) is 0 Å². The van der Waals surface area contributed by atoms with E-state index in [1.807, 2.05) is 0 Å². The molecule has 5 heteroatoms. The van der Waals surface area contributed by atoms with E-state index in [0.717, 1.165) is 25.9 Å². The van der Waals surface area contributed by atoms with Gasteiger partial charge in [0.1, 0.15) is 17.5 Å². The second-order valence-corrected chi connectivity index (χ2v) is 5.57. The highest BCUT2D eigenvalue weighted by Gasteiger charge is 2.22. The van der Waals surface area contributed by atoms with Crippen molar-refractivity contribution in [1.29, 1.82) is 0 Å². The van der Waals surface area contributed by atoms with Crippen molar-refractivity contribution < 1.29 is 17.9 Å². The van der Waals surface area contributed by atoms with Crippen LogP contribution in [-0.2, 0) is 4.74 Å². The summed E-state index contributed by atoms with van der Waals surface area (Å²) in [5.74, 6) is -2.59. The Hall–Kier alpha value is -0.550. The van der Waals surface area contributed by atoms with Crippen molar-refractivity contribution in [3.8, 4) is 0 Å². The molecule has 18 heavy (non-hydrogen) atoms. The third kappa shape index (κ3) is 3.26. The number of rotatable bonds is 4. The van der Waals surface area contributed by atoms with Gasteiger partial charge >= 0.3 is 0 Å². The Labute approximate surface area is 112 Å². The van der Waals surface area contributed by atoms with Crippen LogP contribution < -0.4 is 0 Å². The van der Waals surface area contributed by atoms with Crippen LogP contribution in [0.5, 0.6) is 0 Å². The molecule has 1 heterocycles. The predicted octanol–water partition coefficient (Wildman–Crippen LogP) is 4.50. The number of ether oxygens (including phenoxy) is 1. The lowest BCUT2D eigenvalue weighted by Crippen LogP contribution is -2.07. The summed E-state index contributed by atoms with van der Waals surface area (Å²) in [6.45, 7) is 0.761. The molecule has 2 unspecified atom stereocenters. The molecule has 0 amide bonds. The molecule has 1 nitrogen and oxygen atoms in total. The first-order chi connectivity index (χ1) is 8.58. The van der Waals surface area contributed by atoms with E-state index in [9.17, 15) is 13.2 Å². The van der Waals surface area contributed by atoms with Gasteiger partial charge < -0.3 is 4.74 Å². The molecule has 1 fully saturated rings. The molecule has 1 aliphatic rings. The average Bonchev–Trinajstić information content (AvgIpc) is 2.77. The fourth-order valence-electron chi connectivity index (χ4n) is 2.20. The van der Waals surface area contributed by atoms with Crippen molar-refractivity contribution in [2.75, 3.05) is 6.61 Å². The molecule has 0 aliphatic carbocycles. The summed E-state index contributed by atoms with van der Waals surface area (Å²) >= 11 is 3.26. The standard InChI is InChI=1S/C13H14BrF3O/c14-10(4-3-9-2-1-5-18-9)13-11(16)6-8(15)7-12(13)17/h6-7,9-10H,1-5H2. The van der Waals surface area contributed by atoms with Crippen molar-refractivity contribution in [2.45, 2.75) is 36.6 Å². The quantitative estimate of drug-likeness (QED) is 0.742. The zero-order valence-corrected chi connectivity index (χ0v) is 11.4. The molecular weight excluding hydrogens is 309 g/mol. The summed E-state index contributed by atoms with van der Waals surface area (Å²) in [5.41, 5.74) is -0.102. The van der Waals surface area contributed by atoms with E-state index >= 15 is 0 Å². The first-order valence-electron chi connectivity index (χ1n) is 5.98. The van der Waals surface area contributed by atoms with E-state index in [4.69, 9.17) is 4.74 Å². The van der Waals surface area contributed by atoms with Crippen molar-refractivity contribution in [3.63, 3.8) is 0 Å². The third-order valence-electron chi connectivity index (χ3n) is 3.12. The molecule has 2 rings (SSSR count). The molecule has 1 aromatic carbocycles. The van der Waals surface area contributed by atoms with E-state index in [-0.39, 0.29) is 11.7 Å². The normalized spacial score (nSPS) is 21.2. The minimum atomic E-state index is -0.896. The van der Waals surface area contributed by atoms with Crippen molar-refractivity contribution in [3.05, 3.63) is 35.1 Å². The van der Waals surface area contributed by atoms with Gasteiger partial charge in [0.05, 0.1) is 6.10 Å². The molecule has 1 aliphatic heterocycles. The molecule has 0 N–H and O–H groups in total. The highest BCUT2D eigenvalue weighted by molar-refractivity contribution is 9.09. The van der Waals surface area contributed by atoms with Crippen molar-refractivity contribution in [2.24, 2.45) is 0 Å². The van der Waals surface area contributed by atoms with E-state index in [2.05, 4.69) is 15.9 Å². The summed E-state index contributed by atoms with van der Waals surface area (Å²) in [6, 6.07) is 1.41. The lowest BCUT2D eigenvalue weighted by atomic mass is 10.0. The van der Waals surface area contributed by atoms with Gasteiger partial charge in [-0.2, -0.15) is 0 Å². The van der Waals surface area contributed by atoms with E-state index in [1.165, 1.54) is 0 Å². The van der Waals surface area contributed by atoms with Gasteiger partial charge in [0, 0.05) is 29.1 Å². The van der Waals surface area contributed by atoms with Crippen LogP contribution in [0.2, 0.25) is 0 Å². The first kappa shape index (κ1) is 13.9. The smallest absolute Gasteiger partial charge is 0.133 e. The summed E-state index contributed by atoms with van der Waals surface area (Å²) in [7, 11) is 0. The Morgan fingerprint density at radius 2 is 1.94 bits per heavy atom. The molecule has 100 valence electrons. The van der Waals surface area contributed by atoms with Crippen LogP contribution in [0.1, 0.15) is 36.1 Å². The van der Waals surface area contributed by atoms with Crippen LogP contribution in [0.3, 0.4) is 0 Å². The van der Waals surface area contributed by atoms with Crippen LogP contribution in [0.15, 0.2) is 12.1 Å². The summed E-state index contributed by atoms with van der Waals surface area (Å²) in [4.78, 5) is -0.456. The zero-order chi connectivity index (χ0) is 13.1. The lowest BCUT2D eigenvalue weighted by molar-refractivity contribution is 0.102. The van der Waals surface area contributed by atoms with Crippen molar-refractivity contribution >= 4 is 15.9 Å². The molecule has 0 bridgehead atoms. The molecule has 0 radical (unpaired) electrons. The van der Waals surface area contributed by atoms with Crippen LogP contribution in [0, 0.1) is 17.5 Å². The maximum absolute atomic E-state index is 13.5. The van der Waals surface area contributed by atoms with E-state index in [1.54, 1.807) is 0 Å². The zero-order valence-electron chi connectivity index (χ0n) is 9.77. The Morgan fingerprint density at radius 3 is 2.50 bits per heavy atom. The minimum Gasteiger partial charge on any atom is -0.378 e. The molecule has 0 saturated carbocycles. The van der Waals surface area contributed by atoms with Gasteiger partial charge in [-0.15, -0.1) is 0 Å². The second kappa shape index (κ2) is 6.06. The predicted molar refractivity (Wildman–Crippen MR) is 66.2 cm³/mol. The molecule has 0 aromatic heterocycles. The van der Waals surface area contributed by atoms with Crippen LogP contribution in [0.4, 0.5) is 13.2 Å². The van der Waals surface area contributed by atoms with Gasteiger partial charge in [0.25, 0.3) is 0 Å². The van der Waals surface area contributed by atoms with Gasteiger partial charge in [-0.1, -0.05) is 15.9 Å². The summed E-state index contributed by atoms with van der Waals surface area (Å²) in [5, 5.41) is 0. The second-order valence-electron chi connectivity index (χ2n) is 4.46. The summed E-state index contributed by atoms with van der Waals surface area (Å²) < 4.78 is 45.3. The number of halogens is 4. The fourth-order valence-corrected chi connectivity index (χ4v) is 2.90. The van der Waals surface area contributed by atoms with Gasteiger partial charge in [-0.3, -0.25) is 0 Å². The highest BCUT2D eigenvalue weighted by atomic mass is 79.9. The molecule has 2 atom stereocenters. The first-order valence-corrected chi connectivity index (χ1v) is 6.89. The Morgan fingerprint density at radius 1 is 1.28 bits per heavy atom. The number of benzene rings is 1. The SMILES string of the molecule is Fc1cc(F)c(C(Br)CCC2CCCO2)c(F)c1. The Bertz CT molecular complexity index is 396. The maximum atomic E-state index is 13.5. The van der Waals surface area contributed by atoms with Crippen LogP contribution >= 0.6 is 15.9 Å². The van der Waals surface area contributed by atoms with Gasteiger partial charge in [-0.25, -0.2) is 13.2 Å². The Balaban J connectivity index is 2.01. The molecule has 1 aromatic rings. The van der Waals surface area contributed by atoms with E-state index in [0.29, 0.717) is 18.6 Å². The van der Waals surface area contributed by atoms with Gasteiger partial charge in [0.15, 0.2) is 0 Å². The topological polar surface area (TPSA) is 9.23 Å². The minimum absolute atomic E-state index is 0.102. The lowest BCUT2D eigenvalue weighted by Gasteiger charge is -2.15. The fraction of sp³-hybridized carbons (Fsp3) is 0.538. The molecule has 0 spiro atoms. The maximum Gasteiger partial charge on any atom is 0.133 e. The molecule has 1 saturated heterocycles. The third-order valence-corrected chi connectivity index (χ3v) is 4.04. The van der Waals surface area contributed by atoms with Gasteiger partial charge in [-0.05, 0) is 25.7 Å². The summed E-state index contributed by atoms with van der Waals surface area (Å²) in [6.07, 6.45) is 3.51. The van der Waals surface area contributed by atoms with E-state index < -0.39 is 22.3 Å². The number of hydrogen-bond acceptors (Lipinski definition) is 1. The van der Waals surface area contributed by atoms with Crippen LogP contribution in [0.25, 0.3) is 0 Å². The molecular formula is C13H14BrF3O.